The Kier molecular flexibility index (Phi) is 6.79. The van der Waals surface area contributed by atoms with E-state index in [0.717, 1.165) is 23.4 Å². The van der Waals surface area contributed by atoms with Crippen LogP contribution in [-0.2, 0) is 11.0 Å². The molecule has 1 atom stereocenters. The van der Waals surface area contributed by atoms with Gasteiger partial charge in [0.1, 0.15) is 0 Å². The summed E-state index contributed by atoms with van der Waals surface area (Å²) in [6.07, 6.45) is 0.584. The van der Waals surface area contributed by atoms with Gasteiger partial charge in [0, 0.05) is 52.0 Å². The number of aromatic nitrogens is 3. The van der Waals surface area contributed by atoms with Crippen molar-refractivity contribution in [2.24, 2.45) is 0 Å². The SMILES string of the molecule is Cc1cn(-c2cc(C(O)Nc3cccc(Nc4ccc5c(c4)NC(=O)/C5=C/c4ccc[nH]4)c3)cc(C(F)(F)F)c2)cn1. The number of anilines is 4. The van der Waals surface area contributed by atoms with Crippen molar-refractivity contribution < 1.29 is 23.1 Å². The largest absolute Gasteiger partial charge is 0.416 e. The van der Waals surface area contributed by atoms with E-state index in [0.29, 0.717) is 34.0 Å². The first-order valence-electron chi connectivity index (χ1n) is 13.0. The molecular formula is C31H25F3N6O2. The molecule has 0 saturated carbocycles. The maximum absolute atomic E-state index is 13.7. The predicted octanol–water partition coefficient (Wildman–Crippen LogP) is 6.87. The van der Waals surface area contributed by atoms with E-state index in [-0.39, 0.29) is 17.2 Å². The van der Waals surface area contributed by atoms with Crippen LogP contribution in [0.1, 0.15) is 34.3 Å². The summed E-state index contributed by atoms with van der Waals surface area (Å²) in [5.41, 5.74) is 4.72. The molecule has 0 radical (unpaired) electrons. The van der Waals surface area contributed by atoms with Gasteiger partial charge in [-0.15, -0.1) is 0 Å². The lowest BCUT2D eigenvalue weighted by Crippen LogP contribution is -2.13. The number of aliphatic hydroxyl groups is 1. The highest BCUT2D eigenvalue weighted by Gasteiger charge is 2.32. The van der Waals surface area contributed by atoms with Crippen molar-refractivity contribution in [1.82, 2.24) is 14.5 Å². The summed E-state index contributed by atoms with van der Waals surface area (Å²) in [5.74, 6) is -0.196. The number of fused-ring (bicyclic) bond motifs is 1. The Bertz CT molecular complexity index is 1810. The maximum atomic E-state index is 13.7. The molecule has 1 unspecified atom stereocenters. The highest BCUT2D eigenvalue weighted by molar-refractivity contribution is 6.35. The van der Waals surface area contributed by atoms with Gasteiger partial charge in [0.15, 0.2) is 6.23 Å². The van der Waals surface area contributed by atoms with Crippen LogP contribution < -0.4 is 16.0 Å². The van der Waals surface area contributed by atoms with E-state index in [1.807, 2.05) is 36.4 Å². The van der Waals surface area contributed by atoms with Crippen molar-refractivity contribution in [3.8, 4) is 5.69 Å². The van der Waals surface area contributed by atoms with Crippen LogP contribution in [0.3, 0.4) is 0 Å². The molecule has 1 aliphatic rings. The first kappa shape index (κ1) is 26.9. The van der Waals surface area contributed by atoms with Gasteiger partial charge in [-0.3, -0.25) is 4.79 Å². The number of nitrogens with one attached hydrogen (secondary N) is 4. The van der Waals surface area contributed by atoms with Gasteiger partial charge in [-0.05, 0) is 73.7 Å². The van der Waals surface area contributed by atoms with Crippen LogP contribution in [0.15, 0.2) is 91.5 Å². The van der Waals surface area contributed by atoms with E-state index in [2.05, 4.69) is 25.9 Å². The number of aromatic amines is 1. The van der Waals surface area contributed by atoms with Crippen LogP contribution in [0.5, 0.6) is 0 Å². The zero-order valence-corrected chi connectivity index (χ0v) is 22.2. The average Bonchev–Trinajstić information content (AvgIpc) is 3.69. The number of carbonyl (C=O) groups excluding carboxylic acids is 1. The van der Waals surface area contributed by atoms with Crippen LogP contribution in [0.2, 0.25) is 0 Å². The van der Waals surface area contributed by atoms with Crippen molar-refractivity contribution in [3.63, 3.8) is 0 Å². The quantitative estimate of drug-likeness (QED) is 0.109. The number of carbonyl (C=O) groups is 1. The van der Waals surface area contributed by atoms with E-state index in [9.17, 15) is 23.1 Å². The standard InChI is InChI=1S/C31H25F3N6O2/c1-18-16-40(17-36-18)25-11-19(10-20(12-25)31(32,33)34)29(41)38-23-5-2-4-22(13-23)37-24-7-8-26-27(14-21-6-3-9-35-21)30(42)39-28(26)15-24/h2-17,29,35,37-38,41H,1H3,(H,39,42)/b27-14+. The third kappa shape index (κ3) is 5.63. The Hall–Kier alpha value is -5.29. The highest BCUT2D eigenvalue weighted by Crippen LogP contribution is 2.36. The van der Waals surface area contributed by atoms with Gasteiger partial charge in [0.2, 0.25) is 0 Å². The summed E-state index contributed by atoms with van der Waals surface area (Å²) in [6.45, 7) is 1.74. The number of benzene rings is 3. The average molecular weight is 571 g/mol. The number of aryl methyl sites for hydroxylation is 1. The van der Waals surface area contributed by atoms with Crippen LogP contribution in [0, 0.1) is 6.92 Å². The number of H-pyrrole nitrogens is 1. The topological polar surface area (TPSA) is 107 Å². The zero-order valence-electron chi connectivity index (χ0n) is 22.2. The number of halogens is 3. The van der Waals surface area contributed by atoms with Gasteiger partial charge in [-0.2, -0.15) is 13.2 Å². The molecule has 1 aliphatic heterocycles. The number of hydrogen-bond donors (Lipinski definition) is 5. The molecule has 0 spiro atoms. The van der Waals surface area contributed by atoms with E-state index >= 15 is 0 Å². The molecule has 5 aromatic rings. The summed E-state index contributed by atoms with van der Waals surface area (Å²) in [5, 5.41) is 19.9. The van der Waals surface area contributed by atoms with Gasteiger partial charge in [0.25, 0.3) is 5.91 Å². The van der Waals surface area contributed by atoms with Crippen LogP contribution in [0.25, 0.3) is 17.3 Å². The first-order valence-corrected chi connectivity index (χ1v) is 13.0. The molecular weight excluding hydrogens is 545 g/mol. The lowest BCUT2D eigenvalue weighted by molar-refractivity contribution is -0.137. The van der Waals surface area contributed by atoms with E-state index in [1.165, 1.54) is 17.0 Å². The van der Waals surface area contributed by atoms with Crippen molar-refractivity contribution in [1.29, 1.82) is 0 Å². The van der Waals surface area contributed by atoms with E-state index in [1.54, 1.807) is 43.6 Å². The molecule has 3 heterocycles. The second-order valence-electron chi connectivity index (χ2n) is 9.88. The van der Waals surface area contributed by atoms with Gasteiger partial charge in [0.05, 0.1) is 28.8 Å². The molecule has 3 aromatic carbocycles. The summed E-state index contributed by atoms with van der Waals surface area (Å²) in [4.78, 5) is 19.7. The Morgan fingerprint density at radius 3 is 2.55 bits per heavy atom. The third-order valence-electron chi connectivity index (χ3n) is 6.77. The summed E-state index contributed by atoms with van der Waals surface area (Å²) < 4.78 is 42.5. The predicted molar refractivity (Wildman–Crippen MR) is 155 cm³/mol. The smallest absolute Gasteiger partial charge is 0.369 e. The highest BCUT2D eigenvalue weighted by atomic mass is 19.4. The zero-order chi connectivity index (χ0) is 29.4. The third-order valence-corrected chi connectivity index (χ3v) is 6.77. The van der Waals surface area contributed by atoms with Gasteiger partial charge >= 0.3 is 6.18 Å². The van der Waals surface area contributed by atoms with Gasteiger partial charge < -0.3 is 30.6 Å². The first-order chi connectivity index (χ1) is 20.1. The number of imidazole rings is 1. The lowest BCUT2D eigenvalue weighted by Gasteiger charge is -2.19. The molecule has 0 aliphatic carbocycles. The molecule has 11 heteroatoms. The minimum Gasteiger partial charge on any atom is -0.369 e. The number of hydrogen-bond acceptors (Lipinski definition) is 5. The number of nitrogens with zero attached hydrogens (tertiary/aromatic N) is 2. The van der Waals surface area contributed by atoms with Crippen molar-refractivity contribution in [3.05, 3.63) is 120 Å². The molecule has 2 aromatic heterocycles. The normalized spacial score (nSPS) is 14.5. The number of aliphatic hydroxyl groups excluding tert-OH is 1. The Labute approximate surface area is 238 Å². The van der Waals surface area contributed by atoms with Gasteiger partial charge in [-0.25, -0.2) is 4.98 Å². The van der Waals surface area contributed by atoms with Crippen LogP contribution in [0.4, 0.5) is 35.9 Å². The molecule has 212 valence electrons. The van der Waals surface area contributed by atoms with Crippen molar-refractivity contribution in [2.75, 3.05) is 16.0 Å². The monoisotopic (exact) mass is 570 g/mol. The number of alkyl halides is 3. The molecule has 0 fully saturated rings. The maximum Gasteiger partial charge on any atom is 0.416 e. The fourth-order valence-corrected chi connectivity index (χ4v) is 4.77. The second kappa shape index (κ2) is 10.6. The fraction of sp³-hybridized carbons (Fsp3) is 0.0968. The lowest BCUT2D eigenvalue weighted by atomic mass is 10.1. The molecule has 0 saturated heterocycles. The van der Waals surface area contributed by atoms with Crippen LogP contribution >= 0.6 is 0 Å². The molecule has 1 amide bonds. The summed E-state index contributed by atoms with van der Waals surface area (Å²) >= 11 is 0. The molecule has 0 bridgehead atoms. The minimum atomic E-state index is -4.60. The number of rotatable bonds is 7. The van der Waals surface area contributed by atoms with E-state index in [4.69, 9.17) is 0 Å². The minimum absolute atomic E-state index is 0.0436. The molecule has 8 nitrogen and oxygen atoms in total. The van der Waals surface area contributed by atoms with E-state index < -0.39 is 18.0 Å². The molecule has 42 heavy (non-hydrogen) atoms. The van der Waals surface area contributed by atoms with Crippen LogP contribution in [-0.4, -0.2) is 25.5 Å². The van der Waals surface area contributed by atoms with Gasteiger partial charge in [-0.1, -0.05) is 12.1 Å². The molecule has 5 N–H and O–H groups in total. The second-order valence-corrected chi connectivity index (χ2v) is 9.88. The Morgan fingerprint density at radius 2 is 1.81 bits per heavy atom. The molecule has 6 rings (SSSR count). The summed E-state index contributed by atoms with van der Waals surface area (Å²) in [6, 6.07) is 19.6. The van der Waals surface area contributed by atoms with Crippen molar-refractivity contribution >= 4 is 40.3 Å². The summed E-state index contributed by atoms with van der Waals surface area (Å²) in [7, 11) is 0. The number of amides is 1. The fourth-order valence-electron chi connectivity index (χ4n) is 4.77. The Morgan fingerprint density at radius 1 is 1.00 bits per heavy atom. The van der Waals surface area contributed by atoms with Crippen molar-refractivity contribution in [2.45, 2.75) is 19.3 Å². The Balaban J connectivity index is 1.21.